The van der Waals surface area contributed by atoms with Crippen molar-refractivity contribution in [3.05, 3.63) is 106 Å². The van der Waals surface area contributed by atoms with Gasteiger partial charge in [0.25, 0.3) is 0 Å². The molecule has 0 bridgehead atoms. The van der Waals surface area contributed by atoms with Crippen LogP contribution in [0.15, 0.2) is 82.2 Å². The molecule has 0 spiro atoms. The van der Waals surface area contributed by atoms with Crippen LogP contribution in [-0.4, -0.2) is 35.3 Å². The standard InChI is InChI=1S/C27H26Cl2N4O4S/c1-18(2)27-31-25(32-37-27)15-19-5-11-23(12-6-19)30-26(34)17-33(16-20-3-7-21(28)8-4-20)38(35,36)24-13-9-22(29)10-14-24/h3-14,18H,15-17H2,1-2H3,(H,30,34). The molecule has 0 aliphatic heterocycles. The van der Waals surface area contributed by atoms with Gasteiger partial charge in [0.15, 0.2) is 5.82 Å². The highest BCUT2D eigenvalue weighted by Crippen LogP contribution is 2.22. The van der Waals surface area contributed by atoms with Crippen LogP contribution in [-0.2, 0) is 27.8 Å². The minimum atomic E-state index is -4.00. The van der Waals surface area contributed by atoms with Gasteiger partial charge >= 0.3 is 0 Å². The Morgan fingerprint density at radius 1 is 0.921 bits per heavy atom. The van der Waals surface area contributed by atoms with Gasteiger partial charge in [-0.3, -0.25) is 4.79 Å². The molecule has 0 saturated heterocycles. The molecule has 1 amide bonds. The van der Waals surface area contributed by atoms with Gasteiger partial charge < -0.3 is 9.84 Å². The number of halogens is 2. The molecule has 1 aromatic heterocycles. The molecule has 198 valence electrons. The smallest absolute Gasteiger partial charge is 0.243 e. The summed E-state index contributed by atoms with van der Waals surface area (Å²) < 4.78 is 33.2. The lowest BCUT2D eigenvalue weighted by Gasteiger charge is -2.22. The molecule has 4 rings (SSSR count). The minimum Gasteiger partial charge on any atom is -0.339 e. The highest BCUT2D eigenvalue weighted by molar-refractivity contribution is 7.89. The lowest BCUT2D eigenvalue weighted by atomic mass is 10.1. The topological polar surface area (TPSA) is 105 Å². The fourth-order valence-electron chi connectivity index (χ4n) is 3.60. The van der Waals surface area contributed by atoms with Crippen LogP contribution in [0.3, 0.4) is 0 Å². The first-order valence-corrected chi connectivity index (χ1v) is 14.0. The second kappa shape index (κ2) is 12.1. The Kier molecular flexibility index (Phi) is 8.83. The molecule has 11 heteroatoms. The van der Waals surface area contributed by atoms with Crippen molar-refractivity contribution in [2.24, 2.45) is 0 Å². The first-order chi connectivity index (χ1) is 18.1. The predicted octanol–water partition coefficient (Wildman–Crippen LogP) is 5.92. The fourth-order valence-corrected chi connectivity index (χ4v) is 5.23. The van der Waals surface area contributed by atoms with E-state index >= 15 is 0 Å². The van der Waals surface area contributed by atoms with Crippen molar-refractivity contribution in [2.45, 2.75) is 37.6 Å². The summed E-state index contributed by atoms with van der Waals surface area (Å²) in [5.41, 5.74) is 2.16. The first-order valence-electron chi connectivity index (χ1n) is 11.8. The summed E-state index contributed by atoms with van der Waals surface area (Å²) in [4.78, 5) is 17.4. The predicted molar refractivity (Wildman–Crippen MR) is 147 cm³/mol. The van der Waals surface area contributed by atoms with E-state index in [4.69, 9.17) is 27.7 Å². The maximum absolute atomic E-state index is 13.4. The molecule has 0 unspecified atom stereocenters. The molecular formula is C27H26Cl2N4O4S. The number of nitrogens with one attached hydrogen (secondary N) is 1. The number of rotatable bonds is 10. The summed E-state index contributed by atoms with van der Waals surface area (Å²) in [6.45, 7) is 3.55. The van der Waals surface area contributed by atoms with E-state index in [0.29, 0.717) is 39.4 Å². The van der Waals surface area contributed by atoms with Crippen molar-refractivity contribution in [2.75, 3.05) is 11.9 Å². The lowest BCUT2D eigenvalue weighted by Crippen LogP contribution is -2.37. The van der Waals surface area contributed by atoms with E-state index in [1.165, 1.54) is 24.3 Å². The zero-order valence-electron chi connectivity index (χ0n) is 20.8. The Hall–Kier alpha value is -3.24. The summed E-state index contributed by atoms with van der Waals surface area (Å²) in [7, 11) is -4.00. The second-order valence-corrected chi connectivity index (χ2v) is 11.8. The number of aromatic nitrogens is 2. The monoisotopic (exact) mass is 572 g/mol. The molecule has 0 aliphatic rings. The number of hydrogen-bond donors (Lipinski definition) is 1. The molecule has 3 aromatic carbocycles. The van der Waals surface area contributed by atoms with Crippen molar-refractivity contribution >= 4 is 44.8 Å². The molecule has 4 aromatic rings. The third kappa shape index (κ3) is 7.20. The molecule has 0 fully saturated rings. The molecule has 1 N–H and O–H groups in total. The van der Waals surface area contributed by atoms with Crippen molar-refractivity contribution in [1.29, 1.82) is 0 Å². The number of sulfonamides is 1. The number of carbonyl (C=O) groups is 1. The first kappa shape index (κ1) is 27.8. The van der Waals surface area contributed by atoms with Gasteiger partial charge in [0.2, 0.25) is 21.8 Å². The summed E-state index contributed by atoms with van der Waals surface area (Å²) in [6.07, 6.45) is 0.485. The van der Waals surface area contributed by atoms with E-state index in [1.807, 2.05) is 26.0 Å². The van der Waals surface area contributed by atoms with E-state index in [0.717, 1.165) is 9.87 Å². The third-order valence-electron chi connectivity index (χ3n) is 5.62. The van der Waals surface area contributed by atoms with Crippen LogP contribution in [0.2, 0.25) is 10.0 Å². The zero-order valence-corrected chi connectivity index (χ0v) is 23.1. The van der Waals surface area contributed by atoms with Crippen molar-refractivity contribution in [1.82, 2.24) is 14.4 Å². The van der Waals surface area contributed by atoms with Gasteiger partial charge in [-0.05, 0) is 59.7 Å². The van der Waals surface area contributed by atoms with Gasteiger partial charge in [0, 0.05) is 34.6 Å². The van der Waals surface area contributed by atoms with Crippen LogP contribution >= 0.6 is 23.2 Å². The molecule has 0 aliphatic carbocycles. The van der Waals surface area contributed by atoms with Gasteiger partial charge in [-0.1, -0.05) is 66.5 Å². The van der Waals surface area contributed by atoms with Crippen LogP contribution in [0, 0.1) is 0 Å². The summed E-state index contributed by atoms with van der Waals surface area (Å²) in [6, 6.07) is 19.8. The Labute approximate surface area is 231 Å². The molecule has 1 heterocycles. The SMILES string of the molecule is CC(C)c1nc(Cc2ccc(NC(=O)CN(Cc3ccc(Cl)cc3)S(=O)(=O)c3ccc(Cl)cc3)cc2)no1. The summed E-state index contributed by atoms with van der Waals surface area (Å²) in [5.74, 6) is 0.830. The van der Waals surface area contributed by atoms with E-state index in [2.05, 4.69) is 15.5 Å². The van der Waals surface area contributed by atoms with Gasteiger partial charge in [0.05, 0.1) is 11.4 Å². The fraction of sp³-hybridized carbons (Fsp3) is 0.222. The molecular weight excluding hydrogens is 547 g/mol. The molecule has 38 heavy (non-hydrogen) atoms. The Balaban J connectivity index is 1.47. The quantitative estimate of drug-likeness (QED) is 0.253. The maximum atomic E-state index is 13.4. The van der Waals surface area contributed by atoms with E-state index in [-0.39, 0.29) is 17.4 Å². The highest BCUT2D eigenvalue weighted by Gasteiger charge is 2.27. The van der Waals surface area contributed by atoms with Crippen LogP contribution in [0.25, 0.3) is 0 Å². The lowest BCUT2D eigenvalue weighted by molar-refractivity contribution is -0.116. The Bertz CT molecular complexity index is 1490. The zero-order chi connectivity index (χ0) is 27.3. The second-order valence-electron chi connectivity index (χ2n) is 8.98. The summed E-state index contributed by atoms with van der Waals surface area (Å²) >= 11 is 11.9. The average Bonchev–Trinajstić information content (AvgIpc) is 3.35. The number of benzene rings is 3. The maximum Gasteiger partial charge on any atom is 0.243 e. The van der Waals surface area contributed by atoms with Crippen molar-refractivity contribution in [3.8, 4) is 0 Å². The van der Waals surface area contributed by atoms with Gasteiger partial charge in [-0.25, -0.2) is 8.42 Å². The number of carbonyl (C=O) groups excluding carboxylic acids is 1. The molecule has 0 atom stereocenters. The molecule has 8 nitrogen and oxygen atoms in total. The van der Waals surface area contributed by atoms with Gasteiger partial charge in [0.1, 0.15) is 0 Å². The normalized spacial score (nSPS) is 11.7. The van der Waals surface area contributed by atoms with E-state index < -0.39 is 22.5 Å². The Morgan fingerprint density at radius 3 is 2.08 bits per heavy atom. The van der Waals surface area contributed by atoms with Crippen molar-refractivity contribution in [3.63, 3.8) is 0 Å². The average molecular weight is 574 g/mol. The Morgan fingerprint density at radius 2 is 1.50 bits per heavy atom. The van der Waals surface area contributed by atoms with Crippen molar-refractivity contribution < 1.29 is 17.7 Å². The number of anilines is 1. The molecule has 0 radical (unpaired) electrons. The van der Waals surface area contributed by atoms with E-state index in [1.54, 1.807) is 36.4 Å². The minimum absolute atomic E-state index is 0.0163. The largest absolute Gasteiger partial charge is 0.339 e. The number of nitrogens with zero attached hydrogens (tertiary/aromatic N) is 3. The van der Waals surface area contributed by atoms with Crippen LogP contribution in [0.5, 0.6) is 0 Å². The van der Waals surface area contributed by atoms with Gasteiger partial charge in [-0.2, -0.15) is 9.29 Å². The van der Waals surface area contributed by atoms with E-state index in [9.17, 15) is 13.2 Å². The third-order valence-corrected chi connectivity index (χ3v) is 7.93. The highest BCUT2D eigenvalue weighted by atomic mass is 35.5. The van der Waals surface area contributed by atoms with Crippen LogP contribution < -0.4 is 5.32 Å². The summed E-state index contributed by atoms with van der Waals surface area (Å²) in [5, 5.41) is 7.71. The molecule has 0 saturated carbocycles. The number of hydrogen-bond acceptors (Lipinski definition) is 6. The van der Waals surface area contributed by atoms with Crippen LogP contribution in [0.4, 0.5) is 5.69 Å². The van der Waals surface area contributed by atoms with Crippen LogP contribution in [0.1, 0.15) is 42.6 Å². The van der Waals surface area contributed by atoms with Gasteiger partial charge in [-0.15, -0.1) is 0 Å². The number of amides is 1.